The van der Waals surface area contributed by atoms with Crippen molar-refractivity contribution < 1.29 is 105 Å². The molecule has 4 aromatic carbocycles. The zero-order chi connectivity index (χ0) is 42.4. The molecule has 60 heavy (non-hydrogen) atoms. The Hall–Kier alpha value is -2.84. The van der Waals surface area contributed by atoms with Crippen molar-refractivity contribution in [2.45, 2.75) is 74.5 Å². The van der Waals surface area contributed by atoms with Crippen LogP contribution >= 0.6 is 23.2 Å². The minimum atomic E-state index is -4.51. The molecule has 0 heterocycles. The van der Waals surface area contributed by atoms with Crippen molar-refractivity contribution in [3.05, 3.63) is 117 Å². The second-order valence-electron chi connectivity index (χ2n) is 13.8. The van der Waals surface area contributed by atoms with Gasteiger partial charge in [0, 0.05) is 34.6 Å². The van der Waals surface area contributed by atoms with Crippen LogP contribution in [0.1, 0.15) is 80.8 Å². The van der Waals surface area contributed by atoms with Gasteiger partial charge in [0.05, 0.1) is 45.8 Å². The number of carbonyl (C=O) groups excluding carboxylic acids is 2. The van der Waals surface area contributed by atoms with Gasteiger partial charge in [-0.05, 0) is 110 Å². The molecule has 308 valence electrons. The first-order valence-electron chi connectivity index (χ1n) is 18.0. The number of benzene rings is 4. The molecule has 20 heteroatoms. The van der Waals surface area contributed by atoms with Crippen LogP contribution < -0.4 is 80.0 Å². The van der Waals surface area contributed by atoms with Gasteiger partial charge in [0.15, 0.2) is 11.6 Å². The van der Waals surface area contributed by atoms with Gasteiger partial charge in [-0.2, -0.15) is 16.8 Å². The van der Waals surface area contributed by atoms with Gasteiger partial charge in [-0.1, -0.05) is 36.4 Å². The maximum atomic E-state index is 14.1. The molecule has 0 saturated carbocycles. The number of carbonyl (C=O) groups is 2. The molecule has 0 spiro atoms. The first-order chi connectivity index (χ1) is 27.4. The van der Waals surface area contributed by atoms with E-state index in [1.807, 2.05) is 13.8 Å². The van der Waals surface area contributed by atoms with Gasteiger partial charge >= 0.3 is 59.1 Å². The first kappa shape index (κ1) is 51.5. The van der Waals surface area contributed by atoms with Crippen molar-refractivity contribution in [1.29, 1.82) is 0 Å². The van der Waals surface area contributed by atoms with E-state index >= 15 is 0 Å². The summed E-state index contributed by atoms with van der Waals surface area (Å²) in [5.74, 6) is -2.53. The number of aryl methyl sites for hydroxylation is 2. The van der Waals surface area contributed by atoms with Crippen LogP contribution in [0.15, 0.2) is 92.6 Å². The van der Waals surface area contributed by atoms with E-state index in [0.717, 1.165) is 0 Å². The minimum absolute atomic E-state index is 0. The number of ketones is 2. The number of hydrogen-bond acceptors (Lipinski definition) is 12. The van der Waals surface area contributed by atoms with Gasteiger partial charge in [-0.25, -0.2) is 0 Å². The van der Waals surface area contributed by atoms with Crippen LogP contribution in [0.5, 0.6) is 0 Å². The largest absolute Gasteiger partial charge is 1.00 e. The first-order valence-corrected chi connectivity index (χ1v) is 22.0. The molecule has 0 saturated heterocycles. The summed E-state index contributed by atoms with van der Waals surface area (Å²) in [7, 11) is -9.02. The number of anilines is 2. The Labute approximate surface area is 403 Å². The van der Waals surface area contributed by atoms with Gasteiger partial charge in [0.2, 0.25) is 0 Å². The van der Waals surface area contributed by atoms with E-state index in [2.05, 4.69) is 20.6 Å². The number of alkyl halides is 2. The molecule has 2 atom stereocenters. The van der Waals surface area contributed by atoms with Crippen LogP contribution in [0.3, 0.4) is 0 Å². The molecule has 5 rings (SSSR count). The Kier molecular flexibility index (Phi) is 19.3. The van der Waals surface area contributed by atoms with Gasteiger partial charge in [0.25, 0.3) is 20.2 Å². The number of aliphatic imine (C=N–C) groups is 2. The normalized spacial score (nSPS) is 14.0. The average molecular weight is 918 g/mol. The molecule has 14 nitrogen and oxygen atoms in total. The van der Waals surface area contributed by atoms with Gasteiger partial charge in [-0.3, -0.25) is 28.7 Å². The second kappa shape index (κ2) is 22.5. The quantitative estimate of drug-likeness (QED) is 0.0268. The van der Waals surface area contributed by atoms with Crippen LogP contribution in [0.25, 0.3) is 0 Å². The smallest absolute Gasteiger partial charge is 0.861 e. The van der Waals surface area contributed by atoms with Crippen molar-refractivity contribution in [2.24, 2.45) is 9.98 Å². The Morgan fingerprint density at radius 3 is 1.33 bits per heavy atom. The number of fused-ring (bicyclic) bond motifs is 2. The number of nitrogens with one attached hydrogen (secondary N) is 2. The summed E-state index contributed by atoms with van der Waals surface area (Å²) in [5.41, 5.74) is 3.97. The molecule has 0 radical (unpaired) electrons. The number of hydrogen-bond donors (Lipinski definition) is 4. The van der Waals surface area contributed by atoms with Crippen molar-refractivity contribution in [2.75, 3.05) is 22.4 Å². The van der Waals surface area contributed by atoms with Gasteiger partial charge in [-0.15, -0.1) is 23.2 Å². The van der Waals surface area contributed by atoms with E-state index in [4.69, 9.17) is 23.2 Å². The standard InChI is InChI=1S/C40H42Cl2N4O10S2.2Na/c1-23(7-9-25-11-13-29(57(51,52)53)17-27(25)21-43-35(47)19-41)45-33-15-16-34(38-37(33)39(49)31-5-3-4-6-32(31)40(38)50)46-24(2)8-10-26-12-14-30(58(54,55)56)18-28(26)22-44-36(48)20-42;;/h3-6,11-18,23-24,45-46H,7-10,19-22H2,1-2H3,(H,43,47)(H,44,48)(H,51,52,53)(H,54,55,56);;/q;2*+1/p-2. The van der Waals surface area contributed by atoms with E-state index in [0.29, 0.717) is 59.3 Å². The summed E-state index contributed by atoms with van der Waals surface area (Å²) in [4.78, 5) is 35.3. The fourth-order valence-electron chi connectivity index (χ4n) is 6.62. The SMILES string of the molecule is CC(CCc1ccc(S(=O)(=O)O)cc1CN=C([O-])CCl)Nc1ccc(NC(C)CCc2ccc(S(=O)(=O)O)cc2CN=C([O-])CCl)c2c1C(=O)c1ccccc1C2=O.[Na+].[Na+]. The second-order valence-corrected chi connectivity index (χ2v) is 17.2. The molecule has 0 aliphatic heterocycles. The van der Waals surface area contributed by atoms with E-state index in [1.54, 1.807) is 48.5 Å². The Balaban J connectivity index is 0.00000480. The minimum Gasteiger partial charge on any atom is -0.861 e. The molecule has 0 bridgehead atoms. The molecule has 0 aromatic heterocycles. The summed E-state index contributed by atoms with van der Waals surface area (Å²) in [6, 6.07) is 17.6. The third-order valence-corrected chi connectivity index (χ3v) is 11.8. The average Bonchev–Trinajstić information content (AvgIpc) is 3.19. The fourth-order valence-corrected chi connectivity index (χ4v) is 7.85. The van der Waals surface area contributed by atoms with Crippen LogP contribution in [-0.4, -0.2) is 73.1 Å². The Bertz CT molecular complexity index is 2350. The van der Waals surface area contributed by atoms with Gasteiger partial charge < -0.3 is 20.8 Å². The summed E-state index contributed by atoms with van der Waals surface area (Å²) in [6.07, 6.45) is 1.72. The zero-order valence-electron chi connectivity index (χ0n) is 33.4. The zero-order valence-corrected chi connectivity index (χ0v) is 40.5. The fraction of sp³-hybridized carbons (Fsp3) is 0.300. The monoisotopic (exact) mass is 916 g/mol. The van der Waals surface area contributed by atoms with E-state index in [-0.39, 0.29) is 140 Å². The summed E-state index contributed by atoms with van der Waals surface area (Å²) < 4.78 is 66.4. The molecule has 0 fully saturated rings. The third kappa shape index (κ3) is 13.1. The summed E-state index contributed by atoms with van der Waals surface area (Å²) >= 11 is 11.2. The topological polar surface area (TPSA) is 238 Å². The molecule has 0 amide bonds. The van der Waals surface area contributed by atoms with Crippen LogP contribution in [0.4, 0.5) is 11.4 Å². The predicted molar refractivity (Wildman–Crippen MR) is 219 cm³/mol. The predicted octanol–water partition coefficient (Wildman–Crippen LogP) is -1.17. The molecular weight excluding hydrogens is 877 g/mol. The van der Waals surface area contributed by atoms with Crippen molar-refractivity contribution in [3.8, 4) is 0 Å². The molecular formula is C40H40Cl2N4Na2O10S2. The van der Waals surface area contributed by atoms with E-state index in [1.165, 1.54) is 24.3 Å². The van der Waals surface area contributed by atoms with E-state index in [9.17, 15) is 45.7 Å². The molecule has 2 unspecified atom stereocenters. The molecule has 1 aliphatic carbocycles. The number of rotatable bonds is 18. The molecule has 4 N–H and O–H groups in total. The Morgan fingerprint density at radius 1 is 0.633 bits per heavy atom. The maximum Gasteiger partial charge on any atom is 1.00 e. The Morgan fingerprint density at radius 2 is 1.00 bits per heavy atom. The third-order valence-electron chi connectivity index (χ3n) is 9.60. The molecule has 1 aliphatic rings. The molecule has 4 aromatic rings. The summed E-state index contributed by atoms with van der Waals surface area (Å²) in [6.45, 7) is 3.48. The van der Waals surface area contributed by atoms with Crippen molar-refractivity contribution in [3.63, 3.8) is 0 Å². The maximum absolute atomic E-state index is 14.1. The van der Waals surface area contributed by atoms with Gasteiger partial charge in [0.1, 0.15) is 0 Å². The van der Waals surface area contributed by atoms with Crippen molar-refractivity contribution >= 4 is 78.2 Å². The van der Waals surface area contributed by atoms with Crippen LogP contribution in [0, 0.1) is 0 Å². The van der Waals surface area contributed by atoms with Crippen LogP contribution in [0.2, 0.25) is 0 Å². The number of halogens is 2. The van der Waals surface area contributed by atoms with E-state index < -0.39 is 32.0 Å². The summed E-state index contributed by atoms with van der Waals surface area (Å²) in [5, 5.41) is 30.3. The van der Waals surface area contributed by atoms with Crippen molar-refractivity contribution in [1.82, 2.24) is 0 Å². The number of nitrogens with zero attached hydrogens (tertiary/aromatic N) is 2. The van der Waals surface area contributed by atoms with Crippen LogP contribution in [-0.2, 0) is 46.2 Å².